The van der Waals surface area contributed by atoms with E-state index >= 15 is 0 Å². The number of para-hydroxylation sites is 1. The van der Waals surface area contributed by atoms with Crippen molar-refractivity contribution in [2.45, 2.75) is 58.3 Å². The van der Waals surface area contributed by atoms with Gasteiger partial charge in [-0.15, -0.1) is 10.2 Å². The maximum absolute atomic E-state index is 12.5. The highest BCUT2D eigenvalue weighted by molar-refractivity contribution is 9.10. The van der Waals surface area contributed by atoms with Gasteiger partial charge >= 0.3 is 0 Å². The minimum Gasteiger partial charge on any atom is -0.483 e. The molecule has 0 saturated carbocycles. The molecule has 8 heteroatoms. The van der Waals surface area contributed by atoms with Crippen LogP contribution in [0.25, 0.3) is 0 Å². The Balaban J connectivity index is 1.69. The lowest BCUT2D eigenvalue weighted by molar-refractivity contribution is -0.113. The Morgan fingerprint density at radius 3 is 2.39 bits per heavy atom. The summed E-state index contributed by atoms with van der Waals surface area (Å²) in [4.78, 5) is 12.5. The first kappa shape index (κ1) is 25.3. The van der Waals surface area contributed by atoms with Gasteiger partial charge < -0.3 is 14.6 Å². The quantitative estimate of drug-likeness (QED) is 0.295. The van der Waals surface area contributed by atoms with Crippen LogP contribution in [0.1, 0.15) is 58.0 Å². The van der Waals surface area contributed by atoms with Crippen LogP contribution in [0.4, 0.5) is 5.69 Å². The van der Waals surface area contributed by atoms with Crippen LogP contribution in [0.5, 0.6) is 5.75 Å². The summed E-state index contributed by atoms with van der Waals surface area (Å²) in [5, 5.41) is 12.4. The number of nitrogens with zero attached hydrogens (tertiary/aromatic N) is 3. The second-order valence-electron chi connectivity index (χ2n) is 8.65. The first-order valence-electron chi connectivity index (χ1n) is 11.1. The predicted octanol–water partition coefficient (Wildman–Crippen LogP) is 6.69. The number of aromatic nitrogens is 3. The third kappa shape index (κ3) is 7.08. The number of halogens is 1. The molecule has 0 saturated heterocycles. The summed E-state index contributed by atoms with van der Waals surface area (Å²) >= 11 is 4.83. The zero-order valence-corrected chi connectivity index (χ0v) is 22.1. The summed E-state index contributed by atoms with van der Waals surface area (Å²) in [5.41, 5.74) is 2.02. The van der Waals surface area contributed by atoms with Gasteiger partial charge in [0.2, 0.25) is 5.91 Å². The Kier molecular flexibility index (Phi) is 8.97. The average molecular weight is 532 g/mol. The number of benzene rings is 2. The first-order valence-corrected chi connectivity index (χ1v) is 12.9. The van der Waals surface area contributed by atoms with Crippen molar-refractivity contribution in [3.8, 4) is 5.75 Å². The van der Waals surface area contributed by atoms with Gasteiger partial charge in [-0.1, -0.05) is 63.7 Å². The largest absolute Gasteiger partial charge is 0.483 e. The second kappa shape index (κ2) is 11.7. The molecule has 1 N–H and O–H groups in total. The molecule has 0 aliphatic rings. The molecule has 0 aliphatic carbocycles. The van der Waals surface area contributed by atoms with E-state index in [9.17, 15) is 4.79 Å². The molecule has 1 heterocycles. The number of carbonyl (C=O) groups excluding carboxylic acids is 1. The Hall–Kier alpha value is -2.32. The van der Waals surface area contributed by atoms with Crippen LogP contribution in [0.3, 0.4) is 0 Å². The summed E-state index contributed by atoms with van der Waals surface area (Å²) in [6, 6.07) is 15.7. The van der Waals surface area contributed by atoms with E-state index in [1.165, 1.54) is 17.3 Å². The van der Waals surface area contributed by atoms with Crippen LogP contribution in [0.15, 0.2) is 58.2 Å². The zero-order chi connectivity index (χ0) is 24.0. The molecule has 1 atom stereocenters. The summed E-state index contributed by atoms with van der Waals surface area (Å²) in [6.07, 6.45) is -0.274. The van der Waals surface area contributed by atoms with Gasteiger partial charge in [-0.3, -0.25) is 4.79 Å². The molecule has 0 spiro atoms. The number of anilines is 1. The SMILES string of the molecule is CC(C)Cn1c(SCC(=O)Nc2ccccc2Br)nnc1C(C)Oc1ccc(C(C)C)cc1. The lowest BCUT2D eigenvalue weighted by Crippen LogP contribution is -2.17. The van der Waals surface area contributed by atoms with Crippen molar-refractivity contribution in [2.75, 3.05) is 11.1 Å². The fraction of sp³-hybridized carbons (Fsp3) is 0.400. The van der Waals surface area contributed by atoms with Crippen molar-refractivity contribution in [1.29, 1.82) is 0 Å². The highest BCUT2D eigenvalue weighted by Gasteiger charge is 2.21. The Bertz CT molecular complexity index is 1070. The summed E-state index contributed by atoms with van der Waals surface area (Å²) in [7, 11) is 0. The molecule has 6 nitrogen and oxygen atoms in total. The van der Waals surface area contributed by atoms with E-state index in [0.29, 0.717) is 17.0 Å². The molecular formula is C25H31BrN4O2S. The van der Waals surface area contributed by atoms with Crippen LogP contribution in [-0.4, -0.2) is 26.4 Å². The maximum atomic E-state index is 12.5. The zero-order valence-electron chi connectivity index (χ0n) is 19.7. The second-order valence-corrected chi connectivity index (χ2v) is 10.4. The highest BCUT2D eigenvalue weighted by atomic mass is 79.9. The van der Waals surface area contributed by atoms with Crippen LogP contribution in [-0.2, 0) is 11.3 Å². The van der Waals surface area contributed by atoms with Gasteiger partial charge in [0.1, 0.15) is 5.75 Å². The topological polar surface area (TPSA) is 69.0 Å². The molecule has 176 valence electrons. The van der Waals surface area contributed by atoms with Gasteiger partial charge in [0.25, 0.3) is 0 Å². The van der Waals surface area contributed by atoms with Crippen LogP contribution < -0.4 is 10.1 Å². The van der Waals surface area contributed by atoms with E-state index in [0.717, 1.165) is 28.3 Å². The molecule has 3 rings (SSSR count). The van der Waals surface area contributed by atoms with Crippen LogP contribution in [0.2, 0.25) is 0 Å². The average Bonchev–Trinajstić information content (AvgIpc) is 3.16. The Morgan fingerprint density at radius 1 is 1.06 bits per heavy atom. The molecule has 0 bridgehead atoms. The van der Waals surface area contributed by atoms with Gasteiger partial charge in [-0.2, -0.15) is 0 Å². The van der Waals surface area contributed by atoms with Crippen molar-refractivity contribution in [2.24, 2.45) is 5.92 Å². The van der Waals surface area contributed by atoms with Crippen molar-refractivity contribution in [3.63, 3.8) is 0 Å². The first-order chi connectivity index (χ1) is 15.7. The van der Waals surface area contributed by atoms with Crippen molar-refractivity contribution < 1.29 is 9.53 Å². The molecule has 0 radical (unpaired) electrons. The number of nitrogens with one attached hydrogen (secondary N) is 1. The predicted molar refractivity (Wildman–Crippen MR) is 138 cm³/mol. The monoisotopic (exact) mass is 530 g/mol. The number of carbonyl (C=O) groups is 1. The normalized spacial score (nSPS) is 12.2. The van der Waals surface area contributed by atoms with Crippen molar-refractivity contribution in [3.05, 3.63) is 64.4 Å². The number of ether oxygens (including phenoxy) is 1. The van der Waals surface area contributed by atoms with Gasteiger partial charge in [0, 0.05) is 11.0 Å². The van der Waals surface area contributed by atoms with E-state index in [-0.39, 0.29) is 17.8 Å². The third-order valence-electron chi connectivity index (χ3n) is 5.00. The number of hydrogen-bond acceptors (Lipinski definition) is 5. The minimum atomic E-state index is -0.274. The Labute approximate surface area is 208 Å². The lowest BCUT2D eigenvalue weighted by Gasteiger charge is -2.18. The number of thioether (sulfide) groups is 1. The standard InChI is InChI=1S/C25H31BrN4O2S/c1-16(2)14-30-24(18(5)32-20-12-10-19(11-13-20)17(3)4)28-29-25(30)33-15-23(31)27-22-9-7-6-8-21(22)26/h6-13,16-18H,14-15H2,1-5H3,(H,27,31). The van der Waals surface area contributed by atoms with Gasteiger partial charge in [-0.05, 0) is 64.5 Å². The highest BCUT2D eigenvalue weighted by Crippen LogP contribution is 2.27. The van der Waals surface area contributed by atoms with E-state index < -0.39 is 0 Å². The molecule has 0 aliphatic heterocycles. The fourth-order valence-corrected chi connectivity index (χ4v) is 4.45. The Morgan fingerprint density at radius 2 is 1.76 bits per heavy atom. The minimum absolute atomic E-state index is 0.0953. The smallest absolute Gasteiger partial charge is 0.234 e. The van der Waals surface area contributed by atoms with E-state index in [1.807, 2.05) is 43.3 Å². The van der Waals surface area contributed by atoms with E-state index in [1.54, 1.807) is 0 Å². The molecule has 1 unspecified atom stereocenters. The van der Waals surface area contributed by atoms with Crippen molar-refractivity contribution in [1.82, 2.24) is 14.8 Å². The number of rotatable bonds is 10. The van der Waals surface area contributed by atoms with Crippen LogP contribution in [0, 0.1) is 5.92 Å². The van der Waals surface area contributed by atoms with E-state index in [2.05, 4.69) is 75.8 Å². The maximum Gasteiger partial charge on any atom is 0.234 e. The summed E-state index contributed by atoms with van der Waals surface area (Å²) in [6.45, 7) is 11.4. The van der Waals surface area contributed by atoms with Crippen LogP contribution >= 0.6 is 27.7 Å². The van der Waals surface area contributed by atoms with E-state index in [4.69, 9.17) is 4.74 Å². The molecule has 0 fully saturated rings. The van der Waals surface area contributed by atoms with Gasteiger partial charge in [0.15, 0.2) is 17.1 Å². The third-order valence-corrected chi connectivity index (χ3v) is 6.65. The lowest BCUT2D eigenvalue weighted by atomic mass is 10.0. The summed E-state index contributed by atoms with van der Waals surface area (Å²) < 4.78 is 9.08. The molecule has 3 aromatic rings. The number of hydrogen-bond donors (Lipinski definition) is 1. The molecular weight excluding hydrogens is 500 g/mol. The van der Waals surface area contributed by atoms with Gasteiger partial charge in [0.05, 0.1) is 11.4 Å². The molecule has 33 heavy (non-hydrogen) atoms. The number of amides is 1. The summed E-state index contributed by atoms with van der Waals surface area (Å²) in [5.74, 6) is 2.57. The molecule has 1 amide bonds. The van der Waals surface area contributed by atoms with Gasteiger partial charge in [-0.25, -0.2) is 0 Å². The fourth-order valence-electron chi connectivity index (χ4n) is 3.31. The molecule has 2 aromatic carbocycles. The van der Waals surface area contributed by atoms with Crippen molar-refractivity contribution >= 4 is 39.3 Å². The molecule has 1 aromatic heterocycles.